The molecule has 0 radical (unpaired) electrons. The van der Waals surface area contributed by atoms with Gasteiger partial charge in [-0.1, -0.05) is 13.3 Å². The monoisotopic (exact) mass is 292 g/mol. The molecule has 2 atom stereocenters. The van der Waals surface area contributed by atoms with E-state index in [1.807, 2.05) is 5.38 Å². The molecule has 110 valence electrons. The first kappa shape index (κ1) is 14.1. The SMILES string of the molecule is CCc1ccsc1C(=O)NC1C2CCCC1CC(N)C2. The molecule has 2 saturated carbocycles. The third kappa shape index (κ3) is 2.63. The number of carbonyl (C=O) groups excluding carboxylic acids is 1. The van der Waals surface area contributed by atoms with E-state index < -0.39 is 0 Å². The van der Waals surface area contributed by atoms with Crippen LogP contribution < -0.4 is 11.1 Å². The zero-order chi connectivity index (χ0) is 14.1. The molecular formula is C16H24N2OS. The van der Waals surface area contributed by atoms with Crippen LogP contribution in [0.3, 0.4) is 0 Å². The second kappa shape index (κ2) is 5.86. The Balaban J connectivity index is 1.72. The van der Waals surface area contributed by atoms with Gasteiger partial charge in [0.25, 0.3) is 5.91 Å². The van der Waals surface area contributed by atoms with E-state index in [4.69, 9.17) is 5.73 Å². The summed E-state index contributed by atoms with van der Waals surface area (Å²) in [7, 11) is 0. The Morgan fingerprint density at radius 1 is 1.40 bits per heavy atom. The van der Waals surface area contributed by atoms with Gasteiger partial charge in [0.15, 0.2) is 0 Å². The molecule has 20 heavy (non-hydrogen) atoms. The minimum atomic E-state index is 0.134. The molecule has 1 heterocycles. The molecule has 2 fully saturated rings. The van der Waals surface area contributed by atoms with Gasteiger partial charge in [-0.3, -0.25) is 4.79 Å². The van der Waals surface area contributed by atoms with Crippen molar-refractivity contribution in [3.8, 4) is 0 Å². The molecule has 4 heteroatoms. The second-order valence-corrected chi connectivity index (χ2v) is 7.23. The Kier molecular flexibility index (Phi) is 4.13. The maximum atomic E-state index is 12.5. The van der Waals surface area contributed by atoms with E-state index in [1.54, 1.807) is 11.3 Å². The van der Waals surface area contributed by atoms with E-state index in [1.165, 1.54) is 24.8 Å². The maximum Gasteiger partial charge on any atom is 0.261 e. The first-order valence-electron chi connectivity index (χ1n) is 7.81. The molecule has 2 bridgehead atoms. The number of carbonyl (C=O) groups is 1. The summed E-state index contributed by atoms with van der Waals surface area (Å²) < 4.78 is 0. The van der Waals surface area contributed by atoms with Crippen LogP contribution in [-0.2, 0) is 6.42 Å². The van der Waals surface area contributed by atoms with E-state index in [0.29, 0.717) is 23.9 Å². The lowest BCUT2D eigenvalue weighted by Crippen LogP contribution is -2.53. The molecule has 2 unspecified atom stereocenters. The van der Waals surface area contributed by atoms with Crippen molar-refractivity contribution in [2.45, 2.75) is 57.5 Å². The van der Waals surface area contributed by atoms with Crippen molar-refractivity contribution in [3.63, 3.8) is 0 Å². The summed E-state index contributed by atoms with van der Waals surface area (Å²) in [5, 5.41) is 5.35. The number of hydrogen-bond donors (Lipinski definition) is 2. The van der Waals surface area contributed by atoms with Gasteiger partial charge in [-0.25, -0.2) is 0 Å². The number of rotatable bonds is 3. The third-order valence-corrected chi connectivity index (χ3v) is 5.96. The fourth-order valence-corrected chi connectivity index (χ4v) is 4.95. The quantitative estimate of drug-likeness (QED) is 0.900. The molecule has 0 spiro atoms. The number of aryl methyl sites for hydroxylation is 1. The summed E-state index contributed by atoms with van der Waals surface area (Å²) in [6.45, 7) is 2.10. The van der Waals surface area contributed by atoms with Crippen molar-refractivity contribution >= 4 is 17.2 Å². The van der Waals surface area contributed by atoms with E-state index >= 15 is 0 Å². The average molecular weight is 292 g/mol. The highest BCUT2D eigenvalue weighted by Crippen LogP contribution is 2.39. The number of fused-ring (bicyclic) bond motifs is 2. The lowest BCUT2D eigenvalue weighted by Gasteiger charge is -2.45. The Labute approximate surface area is 124 Å². The van der Waals surface area contributed by atoms with Gasteiger partial charge in [-0.15, -0.1) is 11.3 Å². The van der Waals surface area contributed by atoms with Crippen LogP contribution in [0, 0.1) is 11.8 Å². The Morgan fingerprint density at radius 3 is 2.75 bits per heavy atom. The molecule has 3 rings (SSSR count). The minimum absolute atomic E-state index is 0.134. The number of nitrogens with one attached hydrogen (secondary N) is 1. The van der Waals surface area contributed by atoms with Crippen molar-refractivity contribution in [2.24, 2.45) is 17.6 Å². The normalized spacial score (nSPS) is 32.9. The fraction of sp³-hybridized carbons (Fsp3) is 0.688. The van der Waals surface area contributed by atoms with Gasteiger partial charge in [-0.2, -0.15) is 0 Å². The zero-order valence-corrected chi connectivity index (χ0v) is 12.9. The van der Waals surface area contributed by atoms with Crippen molar-refractivity contribution in [1.29, 1.82) is 0 Å². The van der Waals surface area contributed by atoms with E-state index in [2.05, 4.69) is 18.3 Å². The van der Waals surface area contributed by atoms with Crippen LogP contribution in [0.1, 0.15) is 54.3 Å². The highest BCUT2D eigenvalue weighted by molar-refractivity contribution is 7.12. The van der Waals surface area contributed by atoms with Crippen molar-refractivity contribution in [3.05, 3.63) is 21.9 Å². The summed E-state index contributed by atoms with van der Waals surface area (Å²) in [5.41, 5.74) is 7.32. The van der Waals surface area contributed by atoms with Gasteiger partial charge in [0.1, 0.15) is 0 Å². The molecule has 3 nitrogen and oxygen atoms in total. The third-order valence-electron chi connectivity index (χ3n) is 5.01. The first-order valence-corrected chi connectivity index (χ1v) is 8.69. The van der Waals surface area contributed by atoms with Crippen LogP contribution in [-0.4, -0.2) is 18.0 Å². The van der Waals surface area contributed by atoms with Crippen LogP contribution >= 0.6 is 11.3 Å². The van der Waals surface area contributed by atoms with E-state index in [9.17, 15) is 4.79 Å². The highest BCUT2D eigenvalue weighted by Gasteiger charge is 2.40. The number of amides is 1. The van der Waals surface area contributed by atoms with Gasteiger partial charge in [0, 0.05) is 12.1 Å². The highest BCUT2D eigenvalue weighted by atomic mass is 32.1. The Bertz CT molecular complexity index is 471. The lowest BCUT2D eigenvalue weighted by molar-refractivity contribution is 0.0759. The molecule has 1 aromatic heterocycles. The molecule has 2 aliphatic rings. The molecule has 1 amide bonds. The van der Waals surface area contributed by atoms with Crippen LogP contribution in [0.4, 0.5) is 0 Å². The molecule has 2 aliphatic carbocycles. The van der Waals surface area contributed by atoms with E-state index in [0.717, 1.165) is 24.1 Å². The predicted octanol–water partition coefficient (Wildman–Crippen LogP) is 2.95. The van der Waals surface area contributed by atoms with Crippen LogP contribution in [0.2, 0.25) is 0 Å². The number of thiophene rings is 1. The Morgan fingerprint density at radius 2 is 2.10 bits per heavy atom. The summed E-state index contributed by atoms with van der Waals surface area (Å²) in [5.74, 6) is 1.31. The summed E-state index contributed by atoms with van der Waals surface area (Å²) in [4.78, 5) is 13.4. The van der Waals surface area contributed by atoms with Crippen LogP contribution in [0.25, 0.3) is 0 Å². The average Bonchev–Trinajstić information content (AvgIpc) is 2.88. The number of hydrogen-bond acceptors (Lipinski definition) is 3. The van der Waals surface area contributed by atoms with Crippen LogP contribution in [0.5, 0.6) is 0 Å². The second-order valence-electron chi connectivity index (χ2n) is 6.31. The molecule has 0 saturated heterocycles. The van der Waals surface area contributed by atoms with Gasteiger partial charge >= 0.3 is 0 Å². The summed E-state index contributed by atoms with van der Waals surface area (Å²) >= 11 is 1.56. The fourth-order valence-electron chi connectivity index (χ4n) is 4.06. The summed E-state index contributed by atoms with van der Waals surface area (Å²) in [6.07, 6.45) is 6.82. The Hall–Kier alpha value is -0.870. The maximum absolute atomic E-state index is 12.5. The van der Waals surface area contributed by atoms with Gasteiger partial charge in [-0.05, 0) is 60.9 Å². The molecule has 0 aromatic carbocycles. The standard InChI is InChI=1S/C16H24N2OS/c1-2-10-6-7-20-15(10)16(19)18-14-11-4-3-5-12(14)9-13(17)8-11/h6-7,11-14H,2-5,8-9,17H2,1H3,(H,18,19). The zero-order valence-electron chi connectivity index (χ0n) is 12.1. The summed E-state index contributed by atoms with van der Waals surface area (Å²) in [6, 6.07) is 2.76. The largest absolute Gasteiger partial charge is 0.348 e. The van der Waals surface area contributed by atoms with Crippen molar-refractivity contribution < 1.29 is 4.79 Å². The first-order chi connectivity index (χ1) is 9.69. The van der Waals surface area contributed by atoms with Gasteiger partial charge < -0.3 is 11.1 Å². The van der Waals surface area contributed by atoms with Gasteiger partial charge in [0.05, 0.1) is 4.88 Å². The molecule has 0 aliphatic heterocycles. The van der Waals surface area contributed by atoms with Crippen LogP contribution in [0.15, 0.2) is 11.4 Å². The molecule has 3 N–H and O–H groups in total. The van der Waals surface area contributed by atoms with Crippen molar-refractivity contribution in [2.75, 3.05) is 0 Å². The number of nitrogens with two attached hydrogens (primary N) is 1. The van der Waals surface area contributed by atoms with Crippen molar-refractivity contribution in [1.82, 2.24) is 5.32 Å². The lowest BCUT2D eigenvalue weighted by atomic mass is 9.67. The van der Waals surface area contributed by atoms with E-state index in [-0.39, 0.29) is 5.91 Å². The minimum Gasteiger partial charge on any atom is -0.348 e. The smallest absolute Gasteiger partial charge is 0.261 e. The predicted molar refractivity (Wildman–Crippen MR) is 83.0 cm³/mol. The van der Waals surface area contributed by atoms with Gasteiger partial charge in [0.2, 0.25) is 0 Å². The molecular weight excluding hydrogens is 268 g/mol. The molecule has 1 aromatic rings. The topological polar surface area (TPSA) is 55.1 Å².